The fourth-order valence-electron chi connectivity index (χ4n) is 3.20. The zero-order valence-electron chi connectivity index (χ0n) is 16.6. The number of ether oxygens (including phenoxy) is 3. The van der Waals surface area contributed by atoms with Crippen molar-refractivity contribution in [3.63, 3.8) is 0 Å². The van der Waals surface area contributed by atoms with Gasteiger partial charge in [-0.2, -0.15) is 0 Å². The summed E-state index contributed by atoms with van der Waals surface area (Å²) in [4.78, 5) is 12.7. The van der Waals surface area contributed by atoms with Gasteiger partial charge in [0.2, 0.25) is 0 Å². The summed E-state index contributed by atoms with van der Waals surface area (Å²) < 4.78 is 54.0. The quantitative estimate of drug-likeness (QED) is 0.675. The molecule has 0 radical (unpaired) electrons. The maximum absolute atomic E-state index is 14.3. The SMILES string of the molecule is COc1ccc(C(=O)N[C@@H]2CS(=O)(=O)C[C@H]2OC)cc1Oc1ccc(CN)cc1F. The predicted molar refractivity (Wildman–Crippen MR) is 108 cm³/mol. The molecular weight excluding hydrogens is 415 g/mol. The number of rotatable bonds is 7. The standard InChI is InChI=1S/C20H23FN2O6S/c1-27-17-6-4-13(20(24)23-15-10-30(25,26)11-19(15)28-2)8-18(17)29-16-5-3-12(9-22)7-14(16)21/h3-8,15,19H,9-11,22H2,1-2H3,(H,23,24)/t15-,19-/m1/s1. The van der Waals surface area contributed by atoms with Crippen LogP contribution >= 0.6 is 0 Å². The summed E-state index contributed by atoms with van der Waals surface area (Å²) in [6.07, 6.45) is -0.622. The van der Waals surface area contributed by atoms with E-state index >= 15 is 0 Å². The molecule has 1 aliphatic heterocycles. The number of nitrogens with one attached hydrogen (secondary N) is 1. The van der Waals surface area contributed by atoms with Gasteiger partial charge in [-0.25, -0.2) is 12.8 Å². The molecule has 0 bridgehead atoms. The molecule has 0 spiro atoms. The number of benzene rings is 2. The molecule has 0 aromatic heterocycles. The summed E-state index contributed by atoms with van der Waals surface area (Å²) in [6.45, 7) is 0.190. The van der Waals surface area contributed by atoms with Gasteiger partial charge < -0.3 is 25.3 Å². The summed E-state index contributed by atoms with van der Waals surface area (Å²) in [5, 5.41) is 2.68. The number of hydrogen-bond acceptors (Lipinski definition) is 7. The zero-order chi connectivity index (χ0) is 21.9. The number of halogens is 1. The van der Waals surface area contributed by atoms with Gasteiger partial charge in [0, 0.05) is 19.2 Å². The number of amides is 1. The van der Waals surface area contributed by atoms with E-state index in [0.29, 0.717) is 11.3 Å². The maximum atomic E-state index is 14.3. The topological polar surface area (TPSA) is 117 Å². The van der Waals surface area contributed by atoms with Crippen molar-refractivity contribution in [3.05, 3.63) is 53.3 Å². The molecule has 0 unspecified atom stereocenters. The highest BCUT2D eigenvalue weighted by molar-refractivity contribution is 7.91. The van der Waals surface area contributed by atoms with E-state index in [9.17, 15) is 17.6 Å². The second-order valence-corrected chi connectivity index (χ2v) is 9.02. The summed E-state index contributed by atoms with van der Waals surface area (Å²) in [6, 6.07) is 8.08. The lowest BCUT2D eigenvalue weighted by Gasteiger charge is -2.18. The molecule has 1 fully saturated rings. The van der Waals surface area contributed by atoms with Crippen LogP contribution in [-0.2, 0) is 21.1 Å². The molecule has 2 aromatic rings. The molecule has 2 atom stereocenters. The van der Waals surface area contributed by atoms with Gasteiger partial charge in [0.1, 0.15) is 0 Å². The minimum Gasteiger partial charge on any atom is -0.493 e. The van der Waals surface area contributed by atoms with Gasteiger partial charge in [0.05, 0.1) is 30.8 Å². The highest BCUT2D eigenvalue weighted by Gasteiger charge is 2.38. The third-order valence-electron chi connectivity index (χ3n) is 4.80. The molecule has 30 heavy (non-hydrogen) atoms. The van der Waals surface area contributed by atoms with Crippen molar-refractivity contribution < 1.29 is 31.8 Å². The van der Waals surface area contributed by atoms with Crippen LogP contribution < -0.4 is 20.5 Å². The van der Waals surface area contributed by atoms with Crippen molar-refractivity contribution >= 4 is 15.7 Å². The number of hydrogen-bond donors (Lipinski definition) is 2. The first-order valence-corrected chi connectivity index (χ1v) is 11.0. The number of carbonyl (C=O) groups excluding carboxylic acids is 1. The normalized spacial score (nSPS) is 20.0. The van der Waals surface area contributed by atoms with E-state index in [1.54, 1.807) is 6.07 Å². The third kappa shape index (κ3) is 4.89. The molecule has 2 aromatic carbocycles. The van der Waals surface area contributed by atoms with Crippen LogP contribution in [0.3, 0.4) is 0 Å². The summed E-state index contributed by atoms with van der Waals surface area (Å²) >= 11 is 0. The van der Waals surface area contributed by atoms with Crippen LogP contribution in [0, 0.1) is 5.82 Å². The van der Waals surface area contributed by atoms with Gasteiger partial charge >= 0.3 is 0 Å². The lowest BCUT2D eigenvalue weighted by Crippen LogP contribution is -2.43. The minimum absolute atomic E-state index is 0.0515. The van der Waals surface area contributed by atoms with E-state index in [2.05, 4.69) is 5.32 Å². The molecule has 162 valence electrons. The van der Waals surface area contributed by atoms with Gasteiger partial charge in [0.25, 0.3) is 5.91 Å². The summed E-state index contributed by atoms with van der Waals surface area (Å²) in [5.41, 5.74) is 6.31. The van der Waals surface area contributed by atoms with Crippen molar-refractivity contribution in [3.8, 4) is 17.2 Å². The Balaban J connectivity index is 1.82. The Hall–Kier alpha value is -2.69. The van der Waals surface area contributed by atoms with E-state index in [0.717, 1.165) is 0 Å². The van der Waals surface area contributed by atoms with Gasteiger partial charge in [-0.15, -0.1) is 0 Å². The van der Waals surface area contributed by atoms with E-state index in [4.69, 9.17) is 19.9 Å². The molecule has 1 saturated heterocycles. The van der Waals surface area contributed by atoms with Crippen LogP contribution in [0.5, 0.6) is 17.2 Å². The summed E-state index contributed by atoms with van der Waals surface area (Å²) in [5.74, 6) is -1.08. The Morgan fingerprint density at radius 1 is 1.13 bits per heavy atom. The first kappa shape index (κ1) is 22.0. The van der Waals surface area contributed by atoms with Crippen LogP contribution in [0.1, 0.15) is 15.9 Å². The summed E-state index contributed by atoms with van der Waals surface area (Å²) in [7, 11) is -0.473. The van der Waals surface area contributed by atoms with E-state index in [-0.39, 0.29) is 35.1 Å². The maximum Gasteiger partial charge on any atom is 0.251 e. The second kappa shape index (κ2) is 8.99. The Labute approximate surface area is 174 Å². The Kier molecular flexibility index (Phi) is 6.59. The lowest BCUT2D eigenvalue weighted by atomic mass is 10.1. The van der Waals surface area contributed by atoms with Gasteiger partial charge in [-0.3, -0.25) is 4.79 Å². The molecule has 3 N–H and O–H groups in total. The first-order valence-electron chi connectivity index (χ1n) is 9.14. The van der Waals surface area contributed by atoms with Crippen molar-refractivity contribution in [2.75, 3.05) is 25.7 Å². The molecule has 1 aliphatic rings. The molecule has 10 heteroatoms. The highest BCUT2D eigenvalue weighted by Crippen LogP contribution is 2.34. The molecule has 8 nitrogen and oxygen atoms in total. The largest absolute Gasteiger partial charge is 0.493 e. The number of methoxy groups -OCH3 is 2. The monoisotopic (exact) mass is 438 g/mol. The van der Waals surface area contributed by atoms with E-state index < -0.39 is 33.7 Å². The zero-order valence-corrected chi connectivity index (χ0v) is 17.4. The average molecular weight is 438 g/mol. The minimum atomic E-state index is -3.29. The Morgan fingerprint density at radius 3 is 2.50 bits per heavy atom. The first-order chi connectivity index (χ1) is 14.3. The second-order valence-electron chi connectivity index (χ2n) is 6.87. The van der Waals surface area contributed by atoms with Gasteiger partial charge in [-0.1, -0.05) is 6.07 Å². The molecule has 1 amide bonds. The van der Waals surface area contributed by atoms with E-state index in [1.807, 2.05) is 0 Å². The number of sulfone groups is 1. The van der Waals surface area contributed by atoms with Crippen molar-refractivity contribution in [2.45, 2.75) is 18.7 Å². The smallest absolute Gasteiger partial charge is 0.251 e. The predicted octanol–water partition coefficient (Wildman–Crippen LogP) is 1.63. The molecule has 3 rings (SSSR count). The van der Waals surface area contributed by atoms with Crippen molar-refractivity contribution in [1.82, 2.24) is 5.32 Å². The van der Waals surface area contributed by atoms with Crippen LogP contribution in [0.25, 0.3) is 0 Å². The Morgan fingerprint density at radius 2 is 1.87 bits per heavy atom. The van der Waals surface area contributed by atoms with E-state index in [1.165, 1.54) is 44.6 Å². The van der Waals surface area contributed by atoms with Crippen LogP contribution in [0.4, 0.5) is 4.39 Å². The average Bonchev–Trinajstić information content (AvgIpc) is 3.02. The fraction of sp³-hybridized carbons (Fsp3) is 0.350. The molecule has 0 aliphatic carbocycles. The van der Waals surface area contributed by atoms with Gasteiger partial charge in [-0.05, 0) is 35.9 Å². The number of nitrogens with two attached hydrogens (primary N) is 1. The fourth-order valence-corrected chi connectivity index (χ4v) is 5.05. The van der Waals surface area contributed by atoms with Crippen LogP contribution in [0.15, 0.2) is 36.4 Å². The Bertz CT molecular complexity index is 1040. The van der Waals surface area contributed by atoms with Crippen molar-refractivity contribution in [2.24, 2.45) is 5.73 Å². The van der Waals surface area contributed by atoms with Crippen LogP contribution in [-0.4, -0.2) is 52.2 Å². The highest BCUT2D eigenvalue weighted by atomic mass is 32.2. The lowest BCUT2D eigenvalue weighted by molar-refractivity contribution is 0.0786. The molecule has 0 saturated carbocycles. The molecule has 1 heterocycles. The van der Waals surface area contributed by atoms with Gasteiger partial charge in [0.15, 0.2) is 32.9 Å². The number of carbonyl (C=O) groups is 1. The molecular formula is C20H23FN2O6S. The van der Waals surface area contributed by atoms with Crippen LogP contribution in [0.2, 0.25) is 0 Å². The van der Waals surface area contributed by atoms with Crippen molar-refractivity contribution in [1.29, 1.82) is 0 Å². The third-order valence-corrected chi connectivity index (χ3v) is 6.50.